The number of nitrogens with one attached hydrogen (secondary N) is 1. The molecule has 2 N–H and O–H groups in total. The maximum Gasteiger partial charge on any atom is 0.162 e. The molecule has 0 unspecified atom stereocenters. The van der Waals surface area contributed by atoms with Crippen molar-refractivity contribution < 1.29 is 9.84 Å². The zero-order valence-corrected chi connectivity index (χ0v) is 10.6. The highest BCUT2D eigenvalue weighted by atomic mass is 35.5. The second-order valence-electron chi connectivity index (χ2n) is 3.67. The second-order valence-corrected chi connectivity index (χ2v) is 4.05. The van der Waals surface area contributed by atoms with Crippen LogP contribution < -0.4 is 10.1 Å². The van der Waals surface area contributed by atoms with E-state index in [1.165, 1.54) is 7.11 Å². The van der Waals surface area contributed by atoms with Gasteiger partial charge in [-0.05, 0) is 18.2 Å². The SMILES string of the molecule is COc1cccc(CNc2cccc(Cl)n2)c1O. The largest absolute Gasteiger partial charge is 0.504 e. The molecule has 0 fully saturated rings. The Kier molecular flexibility index (Phi) is 3.89. The summed E-state index contributed by atoms with van der Waals surface area (Å²) in [4.78, 5) is 4.10. The van der Waals surface area contributed by atoms with Gasteiger partial charge in [0.1, 0.15) is 11.0 Å². The molecule has 0 radical (unpaired) electrons. The van der Waals surface area contributed by atoms with E-state index in [9.17, 15) is 5.11 Å². The lowest BCUT2D eigenvalue weighted by Crippen LogP contribution is -2.02. The van der Waals surface area contributed by atoms with Gasteiger partial charge in [0.15, 0.2) is 11.5 Å². The summed E-state index contributed by atoms with van der Waals surface area (Å²) in [6.45, 7) is 0.441. The number of nitrogens with zero attached hydrogens (tertiary/aromatic N) is 1. The van der Waals surface area contributed by atoms with Crippen LogP contribution in [0.1, 0.15) is 5.56 Å². The van der Waals surface area contributed by atoms with Gasteiger partial charge in [0.05, 0.1) is 7.11 Å². The van der Waals surface area contributed by atoms with E-state index in [4.69, 9.17) is 16.3 Å². The first-order valence-corrected chi connectivity index (χ1v) is 5.80. The fraction of sp³-hybridized carbons (Fsp3) is 0.154. The number of methoxy groups -OCH3 is 1. The smallest absolute Gasteiger partial charge is 0.162 e. The molecule has 2 rings (SSSR count). The number of hydrogen-bond donors (Lipinski definition) is 2. The van der Waals surface area contributed by atoms with Gasteiger partial charge in [0.2, 0.25) is 0 Å². The van der Waals surface area contributed by atoms with Crippen molar-refractivity contribution >= 4 is 17.4 Å². The number of para-hydroxylation sites is 1. The number of rotatable bonds is 4. The topological polar surface area (TPSA) is 54.4 Å². The fourth-order valence-corrected chi connectivity index (χ4v) is 1.73. The monoisotopic (exact) mass is 264 g/mol. The minimum atomic E-state index is 0.134. The average molecular weight is 265 g/mol. The number of anilines is 1. The van der Waals surface area contributed by atoms with Crippen LogP contribution in [0, 0.1) is 0 Å². The number of ether oxygens (including phenoxy) is 1. The molecule has 94 valence electrons. The number of hydrogen-bond acceptors (Lipinski definition) is 4. The predicted molar refractivity (Wildman–Crippen MR) is 71.2 cm³/mol. The van der Waals surface area contributed by atoms with E-state index in [1.807, 2.05) is 24.3 Å². The number of pyridine rings is 1. The van der Waals surface area contributed by atoms with Crippen molar-refractivity contribution in [2.24, 2.45) is 0 Å². The molecule has 0 spiro atoms. The van der Waals surface area contributed by atoms with Crippen molar-refractivity contribution in [3.05, 3.63) is 47.1 Å². The molecule has 0 bridgehead atoms. The summed E-state index contributed by atoms with van der Waals surface area (Å²) in [5.74, 6) is 1.24. The summed E-state index contributed by atoms with van der Waals surface area (Å²) in [5, 5.41) is 13.4. The van der Waals surface area contributed by atoms with Crippen LogP contribution in [0.5, 0.6) is 11.5 Å². The van der Waals surface area contributed by atoms with Crippen LogP contribution >= 0.6 is 11.6 Å². The summed E-state index contributed by atoms with van der Waals surface area (Å²) in [5.41, 5.74) is 0.733. The molecule has 0 aliphatic rings. The van der Waals surface area contributed by atoms with Crippen molar-refractivity contribution in [1.82, 2.24) is 4.98 Å². The summed E-state index contributed by atoms with van der Waals surface area (Å²) in [7, 11) is 1.52. The van der Waals surface area contributed by atoms with Crippen LogP contribution in [-0.2, 0) is 6.54 Å². The first-order chi connectivity index (χ1) is 8.70. The molecule has 0 aliphatic carbocycles. The molecule has 2 aromatic rings. The Balaban J connectivity index is 2.11. The standard InChI is InChI=1S/C13H13ClN2O2/c1-18-10-5-2-4-9(13(10)17)8-15-12-7-3-6-11(14)16-12/h2-7,17H,8H2,1H3,(H,15,16). The van der Waals surface area contributed by atoms with Gasteiger partial charge in [-0.1, -0.05) is 29.8 Å². The molecule has 0 saturated carbocycles. The highest BCUT2D eigenvalue weighted by Gasteiger charge is 2.06. The Hall–Kier alpha value is -1.94. The molecule has 0 atom stereocenters. The van der Waals surface area contributed by atoms with E-state index in [0.29, 0.717) is 23.3 Å². The molecule has 4 nitrogen and oxygen atoms in total. The highest BCUT2D eigenvalue weighted by molar-refractivity contribution is 6.29. The second kappa shape index (κ2) is 5.60. The van der Waals surface area contributed by atoms with E-state index >= 15 is 0 Å². The summed E-state index contributed by atoms with van der Waals surface area (Å²) < 4.78 is 5.04. The lowest BCUT2D eigenvalue weighted by Gasteiger charge is -2.10. The Morgan fingerprint density at radius 2 is 2.06 bits per heavy atom. The molecule has 0 saturated heterocycles. The van der Waals surface area contributed by atoms with Gasteiger partial charge in [-0.15, -0.1) is 0 Å². The average Bonchev–Trinajstić information content (AvgIpc) is 2.38. The number of benzene rings is 1. The Morgan fingerprint density at radius 1 is 1.28 bits per heavy atom. The van der Waals surface area contributed by atoms with Crippen molar-refractivity contribution in [2.45, 2.75) is 6.54 Å². The highest BCUT2D eigenvalue weighted by Crippen LogP contribution is 2.29. The molecule has 5 heteroatoms. The molecular formula is C13H13ClN2O2. The van der Waals surface area contributed by atoms with Gasteiger partial charge >= 0.3 is 0 Å². The zero-order valence-electron chi connectivity index (χ0n) is 9.85. The Labute approximate surface area is 110 Å². The Morgan fingerprint density at radius 3 is 2.78 bits per heavy atom. The van der Waals surface area contributed by atoms with Gasteiger partial charge in [-0.2, -0.15) is 0 Å². The number of halogens is 1. The van der Waals surface area contributed by atoms with Crippen molar-refractivity contribution in [1.29, 1.82) is 0 Å². The molecule has 1 aromatic carbocycles. The lowest BCUT2D eigenvalue weighted by molar-refractivity contribution is 0.371. The van der Waals surface area contributed by atoms with Gasteiger partial charge < -0.3 is 15.2 Å². The van der Waals surface area contributed by atoms with Crippen LogP contribution in [0.2, 0.25) is 5.15 Å². The first-order valence-electron chi connectivity index (χ1n) is 5.42. The van der Waals surface area contributed by atoms with Gasteiger partial charge in [0, 0.05) is 12.1 Å². The zero-order chi connectivity index (χ0) is 13.0. The maximum absolute atomic E-state index is 9.91. The molecule has 0 amide bonds. The van der Waals surface area contributed by atoms with E-state index in [2.05, 4.69) is 10.3 Å². The molecule has 1 aromatic heterocycles. The number of phenolic OH excluding ortho intramolecular Hbond substituents is 1. The number of aromatic nitrogens is 1. The molecule has 0 aliphatic heterocycles. The van der Waals surface area contributed by atoms with Crippen LogP contribution in [0.3, 0.4) is 0 Å². The third kappa shape index (κ3) is 2.84. The Bertz CT molecular complexity index is 546. The van der Waals surface area contributed by atoms with Gasteiger partial charge in [-0.3, -0.25) is 0 Å². The third-order valence-electron chi connectivity index (χ3n) is 2.48. The van der Waals surface area contributed by atoms with E-state index < -0.39 is 0 Å². The van der Waals surface area contributed by atoms with Gasteiger partial charge in [-0.25, -0.2) is 4.98 Å². The van der Waals surface area contributed by atoms with Gasteiger partial charge in [0.25, 0.3) is 0 Å². The van der Waals surface area contributed by atoms with Crippen LogP contribution in [0.15, 0.2) is 36.4 Å². The van der Waals surface area contributed by atoms with Crippen molar-refractivity contribution in [2.75, 3.05) is 12.4 Å². The fourth-order valence-electron chi connectivity index (χ4n) is 1.57. The molecule has 18 heavy (non-hydrogen) atoms. The van der Waals surface area contributed by atoms with Crippen LogP contribution in [-0.4, -0.2) is 17.2 Å². The first kappa shape index (κ1) is 12.5. The van der Waals surface area contributed by atoms with Crippen LogP contribution in [0.25, 0.3) is 0 Å². The third-order valence-corrected chi connectivity index (χ3v) is 2.69. The van der Waals surface area contributed by atoms with Crippen LogP contribution in [0.4, 0.5) is 5.82 Å². The quantitative estimate of drug-likeness (QED) is 0.834. The predicted octanol–water partition coefficient (Wildman–Crippen LogP) is 3.06. The number of phenols is 1. The summed E-state index contributed by atoms with van der Waals surface area (Å²) in [6, 6.07) is 10.7. The minimum Gasteiger partial charge on any atom is -0.504 e. The lowest BCUT2D eigenvalue weighted by atomic mass is 10.2. The maximum atomic E-state index is 9.91. The summed E-state index contributed by atoms with van der Waals surface area (Å²) >= 11 is 5.79. The normalized spacial score (nSPS) is 10.1. The summed E-state index contributed by atoms with van der Waals surface area (Å²) in [6.07, 6.45) is 0. The van der Waals surface area contributed by atoms with E-state index in [0.717, 1.165) is 5.56 Å². The molecular weight excluding hydrogens is 252 g/mol. The van der Waals surface area contributed by atoms with Crippen molar-refractivity contribution in [3.8, 4) is 11.5 Å². The minimum absolute atomic E-state index is 0.134. The number of aromatic hydroxyl groups is 1. The van der Waals surface area contributed by atoms with E-state index in [-0.39, 0.29) is 5.75 Å². The van der Waals surface area contributed by atoms with E-state index in [1.54, 1.807) is 12.1 Å². The van der Waals surface area contributed by atoms with Crippen molar-refractivity contribution in [3.63, 3.8) is 0 Å². The molecule has 1 heterocycles.